The molecule has 0 aliphatic heterocycles. The van der Waals surface area contributed by atoms with Gasteiger partial charge in [0.05, 0.1) is 11.2 Å². The van der Waals surface area contributed by atoms with Crippen molar-refractivity contribution >= 4 is 44.9 Å². The maximum Gasteiger partial charge on any atom is 0.374 e. The van der Waals surface area contributed by atoms with Crippen LogP contribution in [-0.4, -0.2) is 19.5 Å². The van der Waals surface area contributed by atoms with Crippen molar-refractivity contribution in [2.75, 3.05) is 4.72 Å². The minimum absolute atomic E-state index is 0.142. The SMILES string of the molecule is O=C(O)c1occc1NS(=O)(=O)c1cc(Cl)cc(Cl)c1. The largest absolute Gasteiger partial charge is 0.475 e. The molecule has 2 aromatic rings. The third-order valence-electron chi connectivity index (χ3n) is 2.25. The fourth-order valence-electron chi connectivity index (χ4n) is 1.44. The fourth-order valence-corrected chi connectivity index (χ4v) is 3.23. The molecule has 9 heteroatoms. The van der Waals surface area contributed by atoms with Crippen molar-refractivity contribution in [3.63, 3.8) is 0 Å². The first-order valence-corrected chi connectivity index (χ1v) is 7.33. The van der Waals surface area contributed by atoms with E-state index in [0.717, 1.165) is 6.26 Å². The molecule has 0 spiro atoms. The van der Waals surface area contributed by atoms with Crippen LogP contribution in [-0.2, 0) is 10.0 Å². The molecule has 0 bridgehead atoms. The van der Waals surface area contributed by atoms with Gasteiger partial charge in [0, 0.05) is 16.1 Å². The number of carboxylic acid groups (broad SMARTS) is 1. The zero-order chi connectivity index (χ0) is 14.9. The first-order valence-electron chi connectivity index (χ1n) is 5.09. The molecule has 0 amide bonds. The van der Waals surface area contributed by atoms with Crippen LogP contribution in [0, 0.1) is 0 Å². The van der Waals surface area contributed by atoms with Crippen LogP contribution >= 0.6 is 23.2 Å². The maximum atomic E-state index is 12.1. The van der Waals surface area contributed by atoms with E-state index in [-0.39, 0.29) is 20.6 Å². The number of hydrogen-bond acceptors (Lipinski definition) is 4. The summed E-state index contributed by atoms with van der Waals surface area (Å²) in [4.78, 5) is 10.7. The van der Waals surface area contributed by atoms with Crippen molar-refractivity contribution in [3.8, 4) is 0 Å². The number of benzene rings is 1. The van der Waals surface area contributed by atoms with Gasteiger partial charge in [0.2, 0.25) is 5.76 Å². The number of sulfonamides is 1. The quantitative estimate of drug-likeness (QED) is 0.894. The van der Waals surface area contributed by atoms with E-state index < -0.39 is 21.8 Å². The maximum absolute atomic E-state index is 12.1. The third kappa shape index (κ3) is 3.06. The van der Waals surface area contributed by atoms with Gasteiger partial charge in [-0.3, -0.25) is 4.72 Å². The van der Waals surface area contributed by atoms with Gasteiger partial charge >= 0.3 is 5.97 Å². The Bertz CT molecular complexity index is 749. The monoisotopic (exact) mass is 335 g/mol. The lowest BCUT2D eigenvalue weighted by atomic mass is 10.4. The van der Waals surface area contributed by atoms with Gasteiger partial charge < -0.3 is 9.52 Å². The molecule has 106 valence electrons. The molecule has 1 aromatic heterocycles. The minimum atomic E-state index is -4.03. The molecular weight excluding hydrogens is 329 g/mol. The second kappa shape index (κ2) is 5.35. The summed E-state index contributed by atoms with van der Waals surface area (Å²) >= 11 is 11.5. The van der Waals surface area contributed by atoms with Gasteiger partial charge in [-0.1, -0.05) is 23.2 Å². The highest BCUT2D eigenvalue weighted by Crippen LogP contribution is 2.25. The van der Waals surface area contributed by atoms with E-state index in [4.69, 9.17) is 28.3 Å². The average molecular weight is 336 g/mol. The fraction of sp³-hybridized carbons (Fsp3) is 0. The summed E-state index contributed by atoms with van der Waals surface area (Å²) in [6.45, 7) is 0. The molecule has 1 heterocycles. The average Bonchev–Trinajstić information content (AvgIpc) is 2.75. The number of carbonyl (C=O) groups is 1. The number of nitrogens with one attached hydrogen (secondary N) is 1. The van der Waals surface area contributed by atoms with Crippen molar-refractivity contribution in [1.29, 1.82) is 0 Å². The molecule has 0 unspecified atom stereocenters. The highest BCUT2D eigenvalue weighted by molar-refractivity contribution is 7.92. The summed E-state index contributed by atoms with van der Waals surface area (Å²) in [5.74, 6) is -1.90. The van der Waals surface area contributed by atoms with E-state index in [2.05, 4.69) is 9.14 Å². The molecular formula is C11H7Cl2NO5S. The van der Waals surface area contributed by atoms with Gasteiger partial charge in [0.25, 0.3) is 10.0 Å². The lowest BCUT2D eigenvalue weighted by molar-refractivity contribution is 0.0664. The Morgan fingerprint density at radius 1 is 1.20 bits per heavy atom. The van der Waals surface area contributed by atoms with Crippen LogP contribution in [0.25, 0.3) is 0 Å². The van der Waals surface area contributed by atoms with Crippen LogP contribution in [0.2, 0.25) is 10.0 Å². The van der Waals surface area contributed by atoms with E-state index >= 15 is 0 Å². The van der Waals surface area contributed by atoms with Crippen molar-refractivity contribution in [3.05, 3.63) is 46.3 Å². The van der Waals surface area contributed by atoms with Crippen LogP contribution in [0.5, 0.6) is 0 Å². The van der Waals surface area contributed by atoms with Crippen LogP contribution < -0.4 is 4.72 Å². The van der Waals surface area contributed by atoms with E-state index in [1.165, 1.54) is 24.3 Å². The lowest BCUT2D eigenvalue weighted by Crippen LogP contribution is -2.14. The number of aromatic carboxylic acids is 1. The lowest BCUT2D eigenvalue weighted by Gasteiger charge is -2.07. The highest BCUT2D eigenvalue weighted by atomic mass is 35.5. The normalized spacial score (nSPS) is 11.3. The molecule has 0 saturated heterocycles. The Balaban J connectivity index is 2.41. The predicted molar refractivity (Wildman–Crippen MR) is 72.9 cm³/mol. The van der Waals surface area contributed by atoms with Gasteiger partial charge in [-0.2, -0.15) is 0 Å². The summed E-state index contributed by atoms with van der Waals surface area (Å²) in [6, 6.07) is 4.95. The number of carboxylic acids is 1. The number of rotatable bonds is 4. The second-order valence-electron chi connectivity index (χ2n) is 3.68. The van der Waals surface area contributed by atoms with Crippen molar-refractivity contribution in [2.24, 2.45) is 0 Å². The number of halogens is 2. The molecule has 1 aromatic carbocycles. The molecule has 0 atom stereocenters. The minimum Gasteiger partial charge on any atom is -0.475 e. The first-order chi connectivity index (χ1) is 9.29. The summed E-state index contributed by atoms with van der Waals surface area (Å²) in [5.41, 5.74) is -0.186. The summed E-state index contributed by atoms with van der Waals surface area (Å²) in [5, 5.41) is 9.12. The van der Waals surface area contributed by atoms with Gasteiger partial charge in [0.15, 0.2) is 0 Å². The first kappa shape index (κ1) is 14.7. The van der Waals surface area contributed by atoms with Crippen LogP contribution in [0.1, 0.15) is 10.6 Å². The Morgan fingerprint density at radius 3 is 2.35 bits per heavy atom. The molecule has 0 radical (unpaired) electrons. The van der Waals surface area contributed by atoms with E-state index in [1.807, 2.05) is 0 Å². The molecule has 0 aliphatic carbocycles. The van der Waals surface area contributed by atoms with Gasteiger partial charge in [-0.15, -0.1) is 0 Å². The van der Waals surface area contributed by atoms with Crippen molar-refractivity contribution in [1.82, 2.24) is 0 Å². The zero-order valence-electron chi connectivity index (χ0n) is 9.63. The van der Waals surface area contributed by atoms with E-state index in [1.54, 1.807) is 0 Å². The topological polar surface area (TPSA) is 96.6 Å². The summed E-state index contributed by atoms with van der Waals surface area (Å²) < 4.78 is 31.0. The van der Waals surface area contributed by atoms with Gasteiger partial charge in [-0.25, -0.2) is 13.2 Å². The Labute approximate surface area is 124 Å². The number of furan rings is 1. The zero-order valence-corrected chi connectivity index (χ0v) is 12.0. The molecule has 20 heavy (non-hydrogen) atoms. The van der Waals surface area contributed by atoms with Crippen LogP contribution in [0.4, 0.5) is 5.69 Å². The highest BCUT2D eigenvalue weighted by Gasteiger charge is 2.21. The smallest absolute Gasteiger partial charge is 0.374 e. The van der Waals surface area contributed by atoms with E-state index in [9.17, 15) is 13.2 Å². The molecule has 0 aliphatic rings. The molecule has 0 saturated carbocycles. The van der Waals surface area contributed by atoms with Gasteiger partial charge in [0.1, 0.15) is 5.69 Å². The standard InChI is InChI=1S/C11H7Cl2NO5S/c12-6-3-7(13)5-8(4-6)20(17,18)14-9-1-2-19-10(9)11(15)16/h1-5,14H,(H,15,16). The molecule has 2 N–H and O–H groups in total. The number of anilines is 1. The Kier molecular flexibility index (Phi) is 3.94. The van der Waals surface area contributed by atoms with Crippen LogP contribution in [0.15, 0.2) is 39.8 Å². The summed E-state index contributed by atoms with van der Waals surface area (Å²) in [6.07, 6.45) is 1.06. The van der Waals surface area contributed by atoms with Crippen molar-refractivity contribution in [2.45, 2.75) is 4.90 Å². The molecule has 0 fully saturated rings. The molecule has 2 rings (SSSR count). The van der Waals surface area contributed by atoms with Gasteiger partial charge in [-0.05, 0) is 18.2 Å². The summed E-state index contributed by atoms with van der Waals surface area (Å²) in [7, 11) is -4.03. The van der Waals surface area contributed by atoms with Crippen LogP contribution in [0.3, 0.4) is 0 Å². The van der Waals surface area contributed by atoms with Crippen molar-refractivity contribution < 1.29 is 22.7 Å². The predicted octanol–water partition coefficient (Wildman–Crippen LogP) is 3.09. The Morgan fingerprint density at radius 2 is 1.80 bits per heavy atom. The van der Waals surface area contributed by atoms with E-state index in [0.29, 0.717) is 0 Å². The Hall–Kier alpha value is -1.70. The number of hydrogen-bond donors (Lipinski definition) is 2. The molecule has 6 nitrogen and oxygen atoms in total. The second-order valence-corrected chi connectivity index (χ2v) is 6.23. The third-order valence-corrected chi connectivity index (χ3v) is 4.03.